The van der Waals surface area contributed by atoms with Crippen molar-refractivity contribution in [3.05, 3.63) is 71.0 Å². The van der Waals surface area contributed by atoms with Gasteiger partial charge in [-0.1, -0.05) is 0 Å². The molecule has 3 N–H and O–H groups in total. The lowest BCUT2D eigenvalue weighted by atomic mass is 10.2. The van der Waals surface area contributed by atoms with Crippen molar-refractivity contribution in [2.75, 3.05) is 5.32 Å². The summed E-state index contributed by atoms with van der Waals surface area (Å²) in [5, 5.41) is 5.27. The Morgan fingerprint density at radius 1 is 1.08 bits per heavy atom. The molecule has 0 aliphatic carbocycles. The number of amides is 2. The minimum atomic E-state index is -0.520. The van der Waals surface area contributed by atoms with Gasteiger partial charge in [0.05, 0.1) is 12.1 Å². The van der Waals surface area contributed by atoms with Crippen LogP contribution in [0.25, 0.3) is 10.6 Å². The van der Waals surface area contributed by atoms with Crippen LogP contribution in [0.2, 0.25) is 0 Å². The summed E-state index contributed by atoms with van der Waals surface area (Å²) in [6.07, 6.45) is 0.120. The summed E-state index contributed by atoms with van der Waals surface area (Å²) in [6.45, 7) is 0. The molecule has 0 atom stereocenters. The molecule has 0 fully saturated rings. The molecule has 0 saturated heterocycles. The van der Waals surface area contributed by atoms with Gasteiger partial charge in [-0.3, -0.25) is 9.59 Å². The lowest BCUT2D eigenvalue weighted by molar-refractivity contribution is -0.115. The maximum atomic E-state index is 13.0. The van der Waals surface area contributed by atoms with E-state index in [2.05, 4.69) is 10.3 Å². The molecule has 0 unspecified atom stereocenters. The van der Waals surface area contributed by atoms with E-state index in [9.17, 15) is 14.0 Å². The minimum absolute atomic E-state index is 0.120. The Morgan fingerprint density at radius 3 is 2.40 bits per heavy atom. The van der Waals surface area contributed by atoms with Gasteiger partial charge in [-0.05, 0) is 48.5 Å². The summed E-state index contributed by atoms with van der Waals surface area (Å²) in [5.74, 6) is -1.04. The molecule has 1 heterocycles. The molecule has 0 radical (unpaired) electrons. The van der Waals surface area contributed by atoms with Crippen LogP contribution in [0, 0.1) is 5.82 Å². The molecule has 2 aromatic carbocycles. The van der Waals surface area contributed by atoms with Crippen LogP contribution >= 0.6 is 11.3 Å². The SMILES string of the molecule is NC(=O)c1ccc(NC(=O)Cc2csc(-c3ccc(F)cc3)n2)cc1. The van der Waals surface area contributed by atoms with Crippen LogP contribution in [0.15, 0.2) is 53.9 Å². The first-order valence-electron chi connectivity index (χ1n) is 7.41. The molecule has 3 aromatic rings. The predicted octanol–water partition coefficient (Wildman–Crippen LogP) is 3.23. The van der Waals surface area contributed by atoms with E-state index < -0.39 is 5.91 Å². The number of thiazole rings is 1. The normalized spacial score (nSPS) is 10.4. The number of carbonyl (C=O) groups excluding carboxylic acids is 2. The van der Waals surface area contributed by atoms with Gasteiger partial charge in [0.1, 0.15) is 10.8 Å². The molecular formula is C18H14FN3O2S. The Hall–Kier alpha value is -3.06. The van der Waals surface area contributed by atoms with Crippen molar-refractivity contribution in [3.8, 4) is 10.6 Å². The summed E-state index contributed by atoms with van der Waals surface area (Å²) in [6, 6.07) is 12.4. The van der Waals surface area contributed by atoms with E-state index in [1.165, 1.54) is 23.5 Å². The van der Waals surface area contributed by atoms with Crippen LogP contribution in [0.4, 0.5) is 10.1 Å². The number of hydrogen-bond donors (Lipinski definition) is 2. The second-order valence-corrected chi connectivity index (χ2v) is 6.18. The van der Waals surface area contributed by atoms with Crippen LogP contribution in [-0.2, 0) is 11.2 Å². The molecule has 25 heavy (non-hydrogen) atoms. The van der Waals surface area contributed by atoms with Crippen molar-refractivity contribution in [2.45, 2.75) is 6.42 Å². The van der Waals surface area contributed by atoms with E-state index in [-0.39, 0.29) is 18.1 Å². The number of benzene rings is 2. The first-order chi connectivity index (χ1) is 12.0. The van der Waals surface area contributed by atoms with Gasteiger partial charge in [0, 0.05) is 22.2 Å². The van der Waals surface area contributed by atoms with Crippen LogP contribution in [0.1, 0.15) is 16.1 Å². The van der Waals surface area contributed by atoms with Crippen molar-refractivity contribution < 1.29 is 14.0 Å². The number of halogens is 1. The Labute approximate surface area is 147 Å². The molecule has 0 aliphatic heterocycles. The third kappa shape index (κ3) is 4.27. The molecule has 7 heteroatoms. The van der Waals surface area contributed by atoms with E-state index in [1.54, 1.807) is 41.8 Å². The number of nitrogens with one attached hydrogen (secondary N) is 1. The van der Waals surface area contributed by atoms with Gasteiger partial charge in [0.15, 0.2) is 0 Å². The zero-order chi connectivity index (χ0) is 17.8. The van der Waals surface area contributed by atoms with Gasteiger partial charge in [0.25, 0.3) is 0 Å². The van der Waals surface area contributed by atoms with Crippen molar-refractivity contribution in [3.63, 3.8) is 0 Å². The Morgan fingerprint density at radius 2 is 1.76 bits per heavy atom. The van der Waals surface area contributed by atoms with Gasteiger partial charge < -0.3 is 11.1 Å². The smallest absolute Gasteiger partial charge is 0.248 e. The quantitative estimate of drug-likeness (QED) is 0.737. The maximum Gasteiger partial charge on any atom is 0.248 e. The van der Waals surface area contributed by atoms with Crippen molar-refractivity contribution >= 4 is 28.8 Å². The summed E-state index contributed by atoms with van der Waals surface area (Å²) < 4.78 is 13.0. The molecule has 0 bridgehead atoms. The number of hydrogen-bond acceptors (Lipinski definition) is 4. The standard InChI is InChI=1S/C18H14FN3O2S/c19-13-5-1-12(2-6-13)18-22-15(10-25-18)9-16(23)21-14-7-3-11(4-8-14)17(20)24/h1-8,10H,9H2,(H2,20,24)(H,21,23). The zero-order valence-corrected chi connectivity index (χ0v) is 13.8. The summed E-state index contributed by atoms with van der Waals surface area (Å²) in [7, 11) is 0. The topological polar surface area (TPSA) is 85.1 Å². The van der Waals surface area contributed by atoms with Gasteiger partial charge in [-0.2, -0.15) is 0 Å². The highest BCUT2D eigenvalue weighted by atomic mass is 32.1. The van der Waals surface area contributed by atoms with Gasteiger partial charge in [-0.25, -0.2) is 9.37 Å². The number of carbonyl (C=O) groups is 2. The molecule has 3 rings (SSSR count). The van der Waals surface area contributed by atoms with E-state index in [1.807, 2.05) is 0 Å². The molecule has 126 valence electrons. The monoisotopic (exact) mass is 355 g/mol. The number of anilines is 1. The fraction of sp³-hybridized carbons (Fsp3) is 0.0556. The molecule has 0 spiro atoms. The third-order valence-electron chi connectivity index (χ3n) is 3.44. The van der Waals surface area contributed by atoms with Crippen LogP contribution < -0.4 is 11.1 Å². The van der Waals surface area contributed by atoms with Gasteiger partial charge in [-0.15, -0.1) is 11.3 Å². The van der Waals surface area contributed by atoms with Gasteiger partial charge >= 0.3 is 0 Å². The third-order valence-corrected chi connectivity index (χ3v) is 4.38. The van der Waals surface area contributed by atoms with Crippen molar-refractivity contribution in [1.29, 1.82) is 0 Å². The highest BCUT2D eigenvalue weighted by Crippen LogP contribution is 2.24. The number of aromatic nitrogens is 1. The Kier molecular flexibility index (Phi) is 4.85. The molecule has 0 saturated carbocycles. The lowest BCUT2D eigenvalue weighted by Crippen LogP contribution is -2.15. The van der Waals surface area contributed by atoms with E-state index >= 15 is 0 Å². The highest BCUT2D eigenvalue weighted by Gasteiger charge is 2.10. The largest absolute Gasteiger partial charge is 0.366 e. The Balaban J connectivity index is 1.63. The Bertz CT molecular complexity index is 905. The minimum Gasteiger partial charge on any atom is -0.366 e. The molecule has 5 nitrogen and oxygen atoms in total. The second kappa shape index (κ2) is 7.23. The van der Waals surface area contributed by atoms with E-state index in [0.717, 1.165) is 10.6 Å². The van der Waals surface area contributed by atoms with Gasteiger partial charge in [0.2, 0.25) is 11.8 Å². The molecule has 0 aliphatic rings. The number of rotatable bonds is 5. The first kappa shape index (κ1) is 16.8. The maximum absolute atomic E-state index is 13.0. The van der Waals surface area contributed by atoms with Crippen LogP contribution in [0.5, 0.6) is 0 Å². The average molecular weight is 355 g/mol. The predicted molar refractivity (Wildman–Crippen MR) is 94.8 cm³/mol. The lowest BCUT2D eigenvalue weighted by Gasteiger charge is -2.04. The van der Waals surface area contributed by atoms with Crippen molar-refractivity contribution in [2.24, 2.45) is 5.73 Å². The number of nitrogens with two attached hydrogens (primary N) is 1. The first-order valence-corrected chi connectivity index (χ1v) is 8.29. The number of nitrogens with zero attached hydrogens (tertiary/aromatic N) is 1. The van der Waals surface area contributed by atoms with Crippen LogP contribution in [0.3, 0.4) is 0 Å². The van der Waals surface area contributed by atoms with E-state index in [4.69, 9.17) is 5.73 Å². The van der Waals surface area contributed by atoms with Crippen LogP contribution in [-0.4, -0.2) is 16.8 Å². The number of primary amides is 1. The molecule has 1 aromatic heterocycles. The van der Waals surface area contributed by atoms with Crippen molar-refractivity contribution in [1.82, 2.24) is 4.98 Å². The highest BCUT2D eigenvalue weighted by molar-refractivity contribution is 7.13. The molecule has 2 amide bonds. The average Bonchev–Trinajstić information content (AvgIpc) is 3.04. The summed E-state index contributed by atoms with van der Waals surface area (Å²) in [4.78, 5) is 27.5. The summed E-state index contributed by atoms with van der Waals surface area (Å²) >= 11 is 1.40. The van der Waals surface area contributed by atoms with E-state index in [0.29, 0.717) is 16.9 Å². The summed E-state index contributed by atoms with van der Waals surface area (Å²) in [5.41, 5.74) is 7.56. The fourth-order valence-corrected chi connectivity index (χ4v) is 3.03. The molecular weight excluding hydrogens is 341 g/mol. The fourth-order valence-electron chi connectivity index (χ4n) is 2.20. The zero-order valence-electron chi connectivity index (χ0n) is 13.0. The second-order valence-electron chi connectivity index (χ2n) is 5.32.